The highest BCUT2D eigenvalue weighted by molar-refractivity contribution is 5.98. The largest absolute Gasteiger partial charge is 0.477 e. The van der Waals surface area contributed by atoms with Crippen LogP contribution in [0.4, 0.5) is 0 Å². The topological polar surface area (TPSA) is 103 Å². The molecule has 6 heteroatoms. The van der Waals surface area contributed by atoms with E-state index < -0.39 is 17.6 Å². The summed E-state index contributed by atoms with van der Waals surface area (Å²) in [5.41, 5.74) is -0.776. The lowest BCUT2D eigenvalue weighted by Crippen LogP contribution is -2.07. The Morgan fingerprint density at radius 1 is 1.33 bits per heavy atom. The third kappa shape index (κ3) is 2.55. The summed E-state index contributed by atoms with van der Waals surface area (Å²) in [5.74, 6) is -2.22. The summed E-state index contributed by atoms with van der Waals surface area (Å²) in [6, 6.07) is 0. The lowest BCUT2D eigenvalue weighted by molar-refractivity contribution is 0.0644. The lowest BCUT2D eigenvalue weighted by Gasteiger charge is -1.91. The minimum Gasteiger partial charge on any atom is -0.477 e. The van der Waals surface area contributed by atoms with Gasteiger partial charge in [-0.2, -0.15) is 0 Å². The maximum atomic E-state index is 10.7. The number of imidazole rings is 1. The fraction of sp³-hybridized carbons (Fsp3) is 0.444. The summed E-state index contributed by atoms with van der Waals surface area (Å²) in [7, 11) is 0. The number of carboxylic acids is 2. The zero-order valence-electron chi connectivity index (χ0n) is 8.28. The second-order valence-corrected chi connectivity index (χ2v) is 3.12. The quantitative estimate of drug-likeness (QED) is 0.679. The van der Waals surface area contributed by atoms with E-state index in [9.17, 15) is 9.59 Å². The van der Waals surface area contributed by atoms with Crippen molar-refractivity contribution in [2.75, 3.05) is 0 Å². The molecular weight excluding hydrogens is 200 g/mol. The van der Waals surface area contributed by atoms with Gasteiger partial charge in [0.15, 0.2) is 11.4 Å². The number of rotatable bonds is 5. The third-order valence-electron chi connectivity index (χ3n) is 1.94. The van der Waals surface area contributed by atoms with Crippen molar-refractivity contribution in [2.24, 2.45) is 0 Å². The second kappa shape index (κ2) is 4.59. The molecule has 82 valence electrons. The van der Waals surface area contributed by atoms with Crippen LogP contribution in [0.25, 0.3) is 0 Å². The number of H-pyrrole nitrogens is 1. The summed E-state index contributed by atoms with van der Waals surface area (Å²) in [4.78, 5) is 27.6. The highest BCUT2D eigenvalue weighted by Crippen LogP contribution is 2.08. The van der Waals surface area contributed by atoms with Gasteiger partial charge in [-0.15, -0.1) is 0 Å². The van der Waals surface area contributed by atoms with Crippen LogP contribution in [-0.4, -0.2) is 32.1 Å². The van der Waals surface area contributed by atoms with E-state index in [1.807, 2.05) is 6.92 Å². The van der Waals surface area contributed by atoms with Crippen LogP contribution in [0.3, 0.4) is 0 Å². The maximum Gasteiger partial charge on any atom is 0.357 e. The van der Waals surface area contributed by atoms with Crippen molar-refractivity contribution >= 4 is 11.9 Å². The third-order valence-corrected chi connectivity index (χ3v) is 1.94. The van der Waals surface area contributed by atoms with E-state index in [2.05, 4.69) is 9.97 Å². The van der Waals surface area contributed by atoms with Crippen molar-refractivity contribution in [3.05, 3.63) is 17.2 Å². The molecule has 0 aromatic carbocycles. The Bertz CT molecular complexity index is 352. The highest BCUT2D eigenvalue weighted by Gasteiger charge is 2.21. The van der Waals surface area contributed by atoms with E-state index in [1.54, 1.807) is 0 Å². The molecule has 3 N–H and O–H groups in total. The van der Waals surface area contributed by atoms with Gasteiger partial charge in [0.2, 0.25) is 0 Å². The van der Waals surface area contributed by atoms with Crippen LogP contribution in [-0.2, 0) is 6.42 Å². The molecule has 0 spiro atoms. The van der Waals surface area contributed by atoms with Gasteiger partial charge in [-0.3, -0.25) is 0 Å². The van der Waals surface area contributed by atoms with Crippen LogP contribution in [0.15, 0.2) is 0 Å². The summed E-state index contributed by atoms with van der Waals surface area (Å²) in [6.45, 7) is 1.99. The first-order chi connectivity index (χ1) is 7.06. The molecule has 0 unspecified atom stereocenters. The van der Waals surface area contributed by atoms with E-state index in [-0.39, 0.29) is 5.69 Å². The number of aromatic carboxylic acids is 2. The Labute approximate surface area is 86.0 Å². The fourth-order valence-electron chi connectivity index (χ4n) is 1.19. The summed E-state index contributed by atoms with van der Waals surface area (Å²) < 4.78 is 0. The van der Waals surface area contributed by atoms with E-state index in [0.29, 0.717) is 12.2 Å². The highest BCUT2D eigenvalue weighted by atomic mass is 16.4. The minimum atomic E-state index is -1.33. The molecule has 0 saturated carbocycles. The molecule has 0 atom stereocenters. The maximum absolute atomic E-state index is 10.7. The molecule has 0 aliphatic heterocycles. The van der Waals surface area contributed by atoms with Crippen LogP contribution >= 0.6 is 0 Å². The zero-order chi connectivity index (χ0) is 11.4. The van der Waals surface area contributed by atoms with Crippen molar-refractivity contribution in [1.82, 2.24) is 9.97 Å². The Morgan fingerprint density at radius 2 is 2.00 bits per heavy atom. The standard InChI is InChI=1S/C9H12N2O4/c1-2-3-4-5-10-6(8(12)13)7(11-5)9(14)15/h2-4H2,1H3,(H,10,11)(H,12,13)(H,14,15). The molecule has 0 bridgehead atoms. The van der Waals surface area contributed by atoms with Gasteiger partial charge in [0.05, 0.1) is 0 Å². The van der Waals surface area contributed by atoms with Crippen LogP contribution in [0.5, 0.6) is 0 Å². The molecule has 1 heterocycles. The van der Waals surface area contributed by atoms with Crippen molar-refractivity contribution in [3.63, 3.8) is 0 Å². The van der Waals surface area contributed by atoms with Crippen molar-refractivity contribution in [2.45, 2.75) is 26.2 Å². The summed E-state index contributed by atoms with van der Waals surface area (Å²) >= 11 is 0. The molecule has 1 aromatic heterocycles. The lowest BCUT2D eigenvalue weighted by atomic mass is 10.2. The Balaban J connectivity index is 2.98. The molecule has 1 aromatic rings. The molecule has 0 saturated heterocycles. The monoisotopic (exact) mass is 212 g/mol. The van der Waals surface area contributed by atoms with Gasteiger partial charge in [-0.25, -0.2) is 14.6 Å². The number of aromatic nitrogens is 2. The number of unbranched alkanes of at least 4 members (excludes halogenated alkanes) is 1. The Morgan fingerprint density at radius 3 is 2.40 bits per heavy atom. The van der Waals surface area contributed by atoms with Crippen molar-refractivity contribution < 1.29 is 19.8 Å². The first-order valence-electron chi connectivity index (χ1n) is 4.61. The molecular formula is C9H12N2O4. The van der Waals surface area contributed by atoms with Gasteiger partial charge < -0.3 is 15.2 Å². The van der Waals surface area contributed by atoms with Gasteiger partial charge in [0.25, 0.3) is 0 Å². The first kappa shape index (κ1) is 11.2. The fourth-order valence-corrected chi connectivity index (χ4v) is 1.19. The first-order valence-corrected chi connectivity index (χ1v) is 4.61. The molecule has 1 rings (SSSR count). The van der Waals surface area contributed by atoms with Crippen LogP contribution in [0.1, 0.15) is 46.6 Å². The van der Waals surface area contributed by atoms with E-state index in [1.165, 1.54) is 0 Å². The van der Waals surface area contributed by atoms with Gasteiger partial charge in [-0.1, -0.05) is 13.3 Å². The SMILES string of the molecule is CCCCc1nc(C(=O)O)c(C(=O)O)[nH]1. The molecule has 15 heavy (non-hydrogen) atoms. The molecule has 0 aliphatic rings. The average Bonchev–Trinajstić information content (AvgIpc) is 2.58. The number of hydrogen-bond donors (Lipinski definition) is 3. The minimum absolute atomic E-state index is 0.353. The summed E-state index contributed by atoms with van der Waals surface area (Å²) in [5, 5.41) is 17.4. The number of carboxylic acid groups (broad SMARTS) is 2. The summed E-state index contributed by atoms with van der Waals surface area (Å²) in [6.07, 6.45) is 2.33. The Hall–Kier alpha value is -1.85. The molecule has 0 amide bonds. The molecule has 0 radical (unpaired) electrons. The number of hydrogen-bond acceptors (Lipinski definition) is 3. The van der Waals surface area contributed by atoms with Gasteiger partial charge in [-0.05, 0) is 6.42 Å². The molecule has 0 fully saturated rings. The van der Waals surface area contributed by atoms with Gasteiger partial charge >= 0.3 is 11.9 Å². The van der Waals surface area contributed by atoms with E-state index >= 15 is 0 Å². The Kier molecular flexibility index (Phi) is 3.43. The number of nitrogens with one attached hydrogen (secondary N) is 1. The normalized spacial score (nSPS) is 10.2. The number of aromatic amines is 1. The van der Waals surface area contributed by atoms with E-state index in [4.69, 9.17) is 10.2 Å². The number of aryl methyl sites for hydroxylation is 1. The van der Waals surface area contributed by atoms with Crippen molar-refractivity contribution in [1.29, 1.82) is 0 Å². The predicted octanol–water partition coefficient (Wildman–Crippen LogP) is 1.15. The zero-order valence-corrected chi connectivity index (χ0v) is 8.28. The van der Waals surface area contributed by atoms with Gasteiger partial charge in [0.1, 0.15) is 5.82 Å². The number of carbonyl (C=O) groups is 2. The van der Waals surface area contributed by atoms with Crippen LogP contribution in [0, 0.1) is 0 Å². The second-order valence-electron chi connectivity index (χ2n) is 3.12. The number of nitrogens with zero attached hydrogens (tertiary/aromatic N) is 1. The van der Waals surface area contributed by atoms with E-state index in [0.717, 1.165) is 12.8 Å². The van der Waals surface area contributed by atoms with Gasteiger partial charge in [0, 0.05) is 6.42 Å². The molecule has 0 aliphatic carbocycles. The smallest absolute Gasteiger partial charge is 0.357 e. The van der Waals surface area contributed by atoms with Crippen LogP contribution in [0.2, 0.25) is 0 Å². The van der Waals surface area contributed by atoms with Crippen LogP contribution < -0.4 is 0 Å². The average molecular weight is 212 g/mol. The molecule has 6 nitrogen and oxygen atoms in total. The predicted molar refractivity (Wildman–Crippen MR) is 51.1 cm³/mol. The van der Waals surface area contributed by atoms with Crippen molar-refractivity contribution in [3.8, 4) is 0 Å².